The van der Waals surface area contributed by atoms with Gasteiger partial charge < -0.3 is 0 Å². The lowest BCUT2D eigenvalue weighted by molar-refractivity contribution is -0.130. The van der Waals surface area contributed by atoms with Gasteiger partial charge in [-0.2, -0.15) is 0 Å². The van der Waals surface area contributed by atoms with Crippen molar-refractivity contribution >= 4 is 75.3 Å². The number of hydrogen-bond acceptors (Lipinski definition) is 2. The Labute approximate surface area is 151 Å². The number of ketones is 2. The quantitative estimate of drug-likeness (QED) is 0.445. The van der Waals surface area contributed by atoms with Crippen LogP contribution in [0, 0.1) is 35.5 Å². The van der Waals surface area contributed by atoms with Crippen LogP contribution in [0.4, 0.5) is 0 Å². The molecule has 2 nitrogen and oxygen atoms in total. The fourth-order valence-electron chi connectivity index (χ4n) is 5.30. The molecule has 0 aromatic rings. The zero-order valence-corrected chi connectivity index (χ0v) is 16.9. The summed E-state index contributed by atoms with van der Waals surface area (Å²) < 4.78 is 0. The molecule has 4 aliphatic carbocycles. The van der Waals surface area contributed by atoms with Gasteiger partial charge in [0.05, 0.1) is 0 Å². The van der Waals surface area contributed by atoms with Crippen molar-refractivity contribution in [3.63, 3.8) is 0 Å². The van der Waals surface area contributed by atoms with Crippen LogP contribution in [0.2, 0.25) is 0 Å². The number of carbonyl (C=O) groups excluding carboxylic acids is 2. The van der Waals surface area contributed by atoms with Gasteiger partial charge in [0.2, 0.25) is 0 Å². The number of halogens is 4. The van der Waals surface area contributed by atoms with E-state index in [1.165, 1.54) is 0 Å². The van der Waals surface area contributed by atoms with E-state index in [9.17, 15) is 9.59 Å². The van der Waals surface area contributed by atoms with Crippen LogP contribution in [-0.2, 0) is 9.59 Å². The second-order valence-electron chi connectivity index (χ2n) is 6.60. The molecule has 0 saturated heterocycles. The van der Waals surface area contributed by atoms with Crippen LogP contribution in [0.5, 0.6) is 0 Å². The second kappa shape index (κ2) is 4.88. The van der Waals surface area contributed by atoms with Gasteiger partial charge in [0.15, 0.2) is 0 Å². The van der Waals surface area contributed by atoms with E-state index < -0.39 is 0 Å². The molecule has 0 aromatic heterocycles. The molecule has 0 N–H and O–H groups in total. The van der Waals surface area contributed by atoms with Crippen molar-refractivity contribution in [2.45, 2.75) is 32.2 Å². The minimum absolute atomic E-state index is 0.0376. The molecular formula is C14H14Br4O2. The van der Waals surface area contributed by atoms with Crippen molar-refractivity contribution in [2.24, 2.45) is 35.5 Å². The lowest BCUT2D eigenvalue weighted by Crippen LogP contribution is -2.45. The third-order valence-electron chi connectivity index (χ3n) is 5.88. The predicted octanol–water partition coefficient (Wildman–Crippen LogP) is 3.71. The Hall–Kier alpha value is 1.26. The van der Waals surface area contributed by atoms with Crippen LogP contribution in [-0.4, -0.2) is 30.9 Å². The molecule has 110 valence electrons. The van der Waals surface area contributed by atoms with E-state index in [0.717, 1.165) is 12.8 Å². The van der Waals surface area contributed by atoms with Crippen molar-refractivity contribution in [1.29, 1.82) is 0 Å². The van der Waals surface area contributed by atoms with Gasteiger partial charge in [-0.3, -0.25) is 9.59 Å². The van der Waals surface area contributed by atoms with E-state index in [4.69, 9.17) is 0 Å². The van der Waals surface area contributed by atoms with E-state index >= 15 is 0 Å². The van der Waals surface area contributed by atoms with Gasteiger partial charge in [-0.15, -0.1) is 0 Å². The minimum atomic E-state index is 0.0376. The lowest BCUT2D eigenvalue weighted by Gasteiger charge is -2.36. The summed E-state index contributed by atoms with van der Waals surface area (Å²) in [5, 5.41) is 0. The first-order valence-corrected chi connectivity index (χ1v) is 10.7. The SMILES string of the molecule is O=C1C2C(Br)CC(Br)C3C(=O)C4C(Br)CC(Br)C1C4C23. The second-order valence-corrected chi connectivity index (χ2v) is 11.3. The van der Waals surface area contributed by atoms with Gasteiger partial charge in [0, 0.05) is 43.0 Å². The Morgan fingerprint density at radius 3 is 1.10 bits per heavy atom. The average Bonchev–Trinajstić information content (AvgIpc) is 2.79. The molecule has 6 heteroatoms. The predicted molar refractivity (Wildman–Crippen MR) is 91.0 cm³/mol. The highest BCUT2D eigenvalue weighted by atomic mass is 79.9. The standard InChI is InChI=1S/C14H14Br4O2/c15-3-1-4(16)8-11-7(3)13(19)9-5(17)2-6(18)10(12(9)11)14(8)20/h3-12H,1-2H2. The first kappa shape index (κ1) is 14.8. The number of carbonyl (C=O) groups is 2. The molecule has 20 heavy (non-hydrogen) atoms. The van der Waals surface area contributed by atoms with Crippen LogP contribution in [0.15, 0.2) is 0 Å². The highest BCUT2D eigenvalue weighted by Crippen LogP contribution is 2.65. The van der Waals surface area contributed by atoms with Crippen molar-refractivity contribution < 1.29 is 9.59 Å². The van der Waals surface area contributed by atoms with E-state index in [1.54, 1.807) is 0 Å². The molecule has 0 aliphatic heterocycles. The Morgan fingerprint density at radius 2 is 0.850 bits per heavy atom. The fraction of sp³-hybridized carbons (Fsp3) is 0.857. The molecule has 8 atom stereocenters. The van der Waals surface area contributed by atoms with Crippen molar-refractivity contribution in [2.75, 3.05) is 0 Å². The lowest BCUT2D eigenvalue weighted by atomic mass is 9.73. The maximum Gasteiger partial charge on any atom is 0.141 e. The third kappa shape index (κ3) is 1.71. The van der Waals surface area contributed by atoms with E-state index in [0.29, 0.717) is 11.6 Å². The zero-order chi connectivity index (χ0) is 14.3. The van der Waals surface area contributed by atoms with Gasteiger partial charge in [0.1, 0.15) is 11.6 Å². The molecule has 0 aromatic carbocycles. The first-order chi connectivity index (χ1) is 9.43. The topological polar surface area (TPSA) is 34.1 Å². The molecule has 4 saturated carbocycles. The van der Waals surface area contributed by atoms with Crippen LogP contribution >= 0.6 is 63.7 Å². The van der Waals surface area contributed by atoms with Crippen LogP contribution in [0.25, 0.3) is 0 Å². The maximum absolute atomic E-state index is 12.9. The van der Waals surface area contributed by atoms with Gasteiger partial charge in [0.25, 0.3) is 0 Å². The van der Waals surface area contributed by atoms with Gasteiger partial charge in [-0.05, 0) is 24.7 Å². The molecule has 4 rings (SSSR count). The minimum Gasteiger partial charge on any atom is -0.299 e. The molecule has 4 aliphatic rings. The van der Waals surface area contributed by atoms with Gasteiger partial charge >= 0.3 is 0 Å². The molecule has 0 amide bonds. The Bertz CT molecular complexity index is 416. The fourth-order valence-corrected chi connectivity index (χ4v) is 10.4. The Kier molecular flexibility index (Phi) is 3.61. The van der Waals surface area contributed by atoms with Crippen molar-refractivity contribution in [3.8, 4) is 0 Å². The van der Waals surface area contributed by atoms with Crippen molar-refractivity contribution in [1.82, 2.24) is 0 Å². The van der Waals surface area contributed by atoms with E-state index in [2.05, 4.69) is 63.7 Å². The molecule has 0 radical (unpaired) electrons. The molecule has 0 heterocycles. The van der Waals surface area contributed by atoms with Crippen LogP contribution < -0.4 is 0 Å². The number of Topliss-reactive ketones (excluding diaryl/α,β-unsaturated/α-hetero) is 2. The van der Waals surface area contributed by atoms with E-state index in [1.807, 2.05) is 0 Å². The van der Waals surface area contributed by atoms with E-state index in [-0.39, 0.29) is 54.8 Å². The highest BCUT2D eigenvalue weighted by molar-refractivity contribution is 9.10. The highest BCUT2D eigenvalue weighted by Gasteiger charge is 2.70. The Balaban J connectivity index is 1.86. The summed E-state index contributed by atoms with van der Waals surface area (Å²) >= 11 is 14.9. The summed E-state index contributed by atoms with van der Waals surface area (Å²) in [5.74, 6) is 1.42. The summed E-state index contributed by atoms with van der Waals surface area (Å²) in [6, 6.07) is 0. The summed E-state index contributed by atoms with van der Waals surface area (Å²) in [7, 11) is 0. The Morgan fingerprint density at radius 1 is 0.600 bits per heavy atom. The summed E-state index contributed by atoms with van der Waals surface area (Å²) in [6.07, 6.45) is 1.74. The van der Waals surface area contributed by atoms with Crippen LogP contribution in [0.1, 0.15) is 12.8 Å². The van der Waals surface area contributed by atoms with Crippen LogP contribution in [0.3, 0.4) is 0 Å². The smallest absolute Gasteiger partial charge is 0.141 e. The normalized spacial score (nSPS) is 60.8. The largest absolute Gasteiger partial charge is 0.299 e. The molecule has 4 fully saturated rings. The average molecular weight is 534 g/mol. The summed E-state index contributed by atoms with van der Waals surface area (Å²) in [6.45, 7) is 0. The van der Waals surface area contributed by atoms with Gasteiger partial charge in [-0.1, -0.05) is 63.7 Å². The first-order valence-electron chi connectivity index (χ1n) is 7.07. The molecule has 0 bridgehead atoms. The third-order valence-corrected chi connectivity index (χ3v) is 9.65. The number of alkyl halides is 4. The maximum atomic E-state index is 12.9. The molecule has 8 unspecified atom stereocenters. The summed E-state index contributed by atoms with van der Waals surface area (Å²) in [5.41, 5.74) is 0. The number of rotatable bonds is 0. The summed E-state index contributed by atoms with van der Waals surface area (Å²) in [4.78, 5) is 26.6. The molecule has 0 spiro atoms. The molecular weight excluding hydrogens is 520 g/mol. The van der Waals surface area contributed by atoms with Gasteiger partial charge in [-0.25, -0.2) is 0 Å². The van der Waals surface area contributed by atoms with Crippen molar-refractivity contribution in [3.05, 3.63) is 0 Å². The number of hydrogen-bond donors (Lipinski definition) is 0. The monoisotopic (exact) mass is 530 g/mol. The zero-order valence-electron chi connectivity index (χ0n) is 10.5.